The zero-order valence-corrected chi connectivity index (χ0v) is 10.9. The first-order valence-corrected chi connectivity index (χ1v) is 6.06. The topological polar surface area (TPSA) is 77.2 Å². The predicted octanol–water partition coefficient (Wildman–Crippen LogP) is 2.45. The molecule has 6 heteroatoms. The first-order valence-electron chi connectivity index (χ1n) is 6.06. The molecule has 104 valence electrons. The highest BCUT2D eigenvalue weighted by atomic mass is 19.1. The van der Waals surface area contributed by atoms with E-state index in [9.17, 15) is 9.18 Å². The number of anilines is 2. The van der Waals surface area contributed by atoms with E-state index in [-0.39, 0.29) is 11.3 Å². The van der Waals surface area contributed by atoms with E-state index < -0.39 is 11.7 Å². The van der Waals surface area contributed by atoms with Crippen molar-refractivity contribution >= 4 is 17.3 Å². The number of ether oxygens (including phenoxy) is 1. The Hall–Kier alpha value is -2.63. The van der Waals surface area contributed by atoms with Crippen LogP contribution in [0.5, 0.6) is 5.88 Å². The lowest BCUT2D eigenvalue weighted by atomic mass is 10.1. The molecule has 2 aromatic rings. The average molecular weight is 275 g/mol. The number of aromatic nitrogens is 1. The number of halogens is 1. The zero-order valence-electron chi connectivity index (χ0n) is 10.9. The van der Waals surface area contributed by atoms with E-state index in [1.807, 2.05) is 6.92 Å². The Kier molecular flexibility index (Phi) is 4.14. The van der Waals surface area contributed by atoms with Gasteiger partial charge in [-0.05, 0) is 37.3 Å². The summed E-state index contributed by atoms with van der Waals surface area (Å²) < 4.78 is 18.5. The van der Waals surface area contributed by atoms with Gasteiger partial charge < -0.3 is 15.8 Å². The van der Waals surface area contributed by atoms with Crippen molar-refractivity contribution in [2.24, 2.45) is 0 Å². The van der Waals surface area contributed by atoms with Crippen LogP contribution >= 0.6 is 0 Å². The number of carbonyl (C=O) groups is 1. The molecule has 0 aliphatic carbocycles. The molecule has 0 aliphatic heterocycles. The number of hydrogen-bond acceptors (Lipinski definition) is 4. The summed E-state index contributed by atoms with van der Waals surface area (Å²) in [6.07, 6.45) is 1.55. The van der Waals surface area contributed by atoms with Crippen LogP contribution in [-0.4, -0.2) is 17.5 Å². The highest BCUT2D eigenvalue weighted by Crippen LogP contribution is 2.22. The molecule has 1 heterocycles. The van der Waals surface area contributed by atoms with Crippen molar-refractivity contribution in [3.05, 3.63) is 47.9 Å². The lowest BCUT2D eigenvalue weighted by Crippen LogP contribution is -2.15. The van der Waals surface area contributed by atoms with Crippen LogP contribution in [0.1, 0.15) is 17.3 Å². The van der Waals surface area contributed by atoms with E-state index in [1.54, 1.807) is 18.3 Å². The number of nitrogens with one attached hydrogen (secondary N) is 1. The van der Waals surface area contributed by atoms with Crippen molar-refractivity contribution in [2.45, 2.75) is 6.92 Å². The van der Waals surface area contributed by atoms with Gasteiger partial charge in [-0.25, -0.2) is 9.37 Å². The van der Waals surface area contributed by atoms with Gasteiger partial charge in [-0.3, -0.25) is 4.79 Å². The van der Waals surface area contributed by atoms with Crippen molar-refractivity contribution in [3.8, 4) is 5.88 Å². The Bertz CT molecular complexity index is 632. The third-order valence-corrected chi connectivity index (χ3v) is 2.56. The fourth-order valence-electron chi connectivity index (χ4n) is 1.65. The van der Waals surface area contributed by atoms with Crippen molar-refractivity contribution in [2.75, 3.05) is 17.7 Å². The maximum atomic E-state index is 13.2. The zero-order chi connectivity index (χ0) is 14.5. The monoisotopic (exact) mass is 275 g/mol. The Balaban J connectivity index is 2.26. The molecule has 20 heavy (non-hydrogen) atoms. The molecule has 0 bridgehead atoms. The van der Waals surface area contributed by atoms with Gasteiger partial charge in [0.05, 0.1) is 12.2 Å². The Morgan fingerprint density at radius 3 is 3.00 bits per heavy atom. The highest BCUT2D eigenvalue weighted by molar-refractivity contribution is 6.08. The number of benzene rings is 1. The number of amides is 1. The summed E-state index contributed by atoms with van der Waals surface area (Å²) in [6.45, 7) is 2.23. The highest BCUT2D eigenvalue weighted by Gasteiger charge is 2.13. The number of hydrogen-bond donors (Lipinski definition) is 2. The number of rotatable bonds is 4. The number of nitrogens with zero attached hydrogens (tertiary/aromatic N) is 1. The molecule has 0 aliphatic rings. The van der Waals surface area contributed by atoms with Gasteiger partial charge in [0.1, 0.15) is 11.5 Å². The van der Waals surface area contributed by atoms with Gasteiger partial charge in [0.2, 0.25) is 5.88 Å². The van der Waals surface area contributed by atoms with Crippen LogP contribution in [0.25, 0.3) is 0 Å². The molecular formula is C14H14FN3O2. The van der Waals surface area contributed by atoms with Gasteiger partial charge >= 0.3 is 0 Å². The van der Waals surface area contributed by atoms with E-state index in [0.29, 0.717) is 18.2 Å². The van der Waals surface area contributed by atoms with Crippen molar-refractivity contribution < 1.29 is 13.9 Å². The summed E-state index contributed by atoms with van der Waals surface area (Å²) >= 11 is 0. The van der Waals surface area contributed by atoms with Gasteiger partial charge in [0.25, 0.3) is 5.91 Å². The van der Waals surface area contributed by atoms with Gasteiger partial charge in [-0.1, -0.05) is 0 Å². The maximum Gasteiger partial charge on any atom is 0.258 e. The van der Waals surface area contributed by atoms with E-state index in [4.69, 9.17) is 10.5 Å². The van der Waals surface area contributed by atoms with Crippen LogP contribution in [0, 0.1) is 5.82 Å². The third-order valence-electron chi connectivity index (χ3n) is 2.56. The molecule has 1 amide bonds. The summed E-state index contributed by atoms with van der Waals surface area (Å²) in [5.41, 5.74) is 6.34. The Morgan fingerprint density at radius 2 is 2.25 bits per heavy atom. The molecule has 2 rings (SSSR count). The molecular weight excluding hydrogens is 261 g/mol. The van der Waals surface area contributed by atoms with E-state index in [1.165, 1.54) is 12.1 Å². The average Bonchev–Trinajstić information content (AvgIpc) is 2.44. The fourth-order valence-corrected chi connectivity index (χ4v) is 1.65. The third kappa shape index (κ3) is 3.03. The van der Waals surface area contributed by atoms with E-state index >= 15 is 0 Å². The van der Waals surface area contributed by atoms with Crippen molar-refractivity contribution in [1.82, 2.24) is 4.98 Å². The van der Waals surface area contributed by atoms with Gasteiger partial charge in [0.15, 0.2) is 0 Å². The molecule has 0 radical (unpaired) electrons. The van der Waals surface area contributed by atoms with Crippen LogP contribution in [0.4, 0.5) is 15.8 Å². The van der Waals surface area contributed by atoms with Crippen LogP contribution in [0.3, 0.4) is 0 Å². The molecule has 5 nitrogen and oxygen atoms in total. The molecule has 0 spiro atoms. The number of carbonyl (C=O) groups excluding carboxylic acids is 1. The van der Waals surface area contributed by atoms with E-state index in [0.717, 1.165) is 6.07 Å². The Morgan fingerprint density at radius 1 is 1.45 bits per heavy atom. The van der Waals surface area contributed by atoms with Crippen LogP contribution < -0.4 is 15.8 Å². The minimum absolute atomic E-state index is 0.0660. The van der Waals surface area contributed by atoms with Gasteiger partial charge in [-0.2, -0.15) is 0 Å². The molecule has 1 aromatic heterocycles. The van der Waals surface area contributed by atoms with Gasteiger partial charge in [0, 0.05) is 11.9 Å². The number of nitrogens with two attached hydrogens (primary N) is 1. The summed E-state index contributed by atoms with van der Waals surface area (Å²) in [7, 11) is 0. The van der Waals surface area contributed by atoms with Gasteiger partial charge in [-0.15, -0.1) is 0 Å². The second kappa shape index (κ2) is 6.01. The summed E-state index contributed by atoms with van der Waals surface area (Å²) in [5, 5.41) is 2.61. The first kappa shape index (κ1) is 13.8. The molecule has 3 N–H and O–H groups in total. The molecule has 0 fully saturated rings. The predicted molar refractivity (Wildman–Crippen MR) is 74.2 cm³/mol. The molecule has 0 saturated carbocycles. The standard InChI is InChI=1S/C14H14FN3O2/c1-2-20-14-12(4-3-7-17-14)18-13(19)10-8-9(15)5-6-11(10)16/h3-8H,2,16H2,1H3,(H,18,19). The largest absolute Gasteiger partial charge is 0.476 e. The van der Waals surface area contributed by atoms with Crippen LogP contribution in [-0.2, 0) is 0 Å². The SMILES string of the molecule is CCOc1ncccc1NC(=O)c1cc(F)ccc1N. The van der Waals surface area contributed by atoms with Crippen LogP contribution in [0.15, 0.2) is 36.5 Å². The molecule has 1 aromatic carbocycles. The minimum atomic E-state index is -0.527. The molecule has 0 atom stereocenters. The lowest BCUT2D eigenvalue weighted by Gasteiger charge is -2.11. The van der Waals surface area contributed by atoms with Crippen molar-refractivity contribution in [1.29, 1.82) is 0 Å². The lowest BCUT2D eigenvalue weighted by molar-refractivity contribution is 0.102. The van der Waals surface area contributed by atoms with E-state index in [2.05, 4.69) is 10.3 Å². The normalized spacial score (nSPS) is 10.1. The summed E-state index contributed by atoms with van der Waals surface area (Å²) in [6, 6.07) is 6.93. The minimum Gasteiger partial charge on any atom is -0.476 e. The molecule has 0 saturated heterocycles. The number of pyridine rings is 1. The van der Waals surface area contributed by atoms with Crippen molar-refractivity contribution in [3.63, 3.8) is 0 Å². The Labute approximate surface area is 115 Å². The first-order chi connectivity index (χ1) is 9.61. The summed E-state index contributed by atoms with van der Waals surface area (Å²) in [5.74, 6) is -0.741. The number of nitrogen functional groups attached to an aromatic ring is 1. The van der Waals surface area contributed by atoms with Crippen LogP contribution in [0.2, 0.25) is 0 Å². The summed E-state index contributed by atoms with van der Waals surface area (Å²) in [4.78, 5) is 16.1. The fraction of sp³-hybridized carbons (Fsp3) is 0.143. The maximum absolute atomic E-state index is 13.2. The second-order valence-electron chi connectivity index (χ2n) is 3.97. The smallest absolute Gasteiger partial charge is 0.258 e. The molecule has 0 unspecified atom stereocenters. The second-order valence-corrected chi connectivity index (χ2v) is 3.97. The quantitative estimate of drug-likeness (QED) is 0.840.